The second kappa shape index (κ2) is 4.53. The first-order chi connectivity index (χ1) is 9.08. The molecule has 0 radical (unpaired) electrons. The summed E-state index contributed by atoms with van der Waals surface area (Å²) < 4.78 is 6.29. The third-order valence-corrected chi connectivity index (χ3v) is 4.22. The number of carboxylic acids is 1. The maximum absolute atomic E-state index is 10.8. The van der Waals surface area contributed by atoms with Gasteiger partial charge in [0.2, 0.25) is 0 Å². The van der Waals surface area contributed by atoms with Gasteiger partial charge in [-0.15, -0.1) is 0 Å². The van der Waals surface area contributed by atoms with E-state index in [1.165, 1.54) is 11.1 Å². The van der Waals surface area contributed by atoms with Crippen LogP contribution in [0.1, 0.15) is 24.0 Å². The molecule has 1 saturated heterocycles. The third kappa shape index (κ3) is 2.32. The van der Waals surface area contributed by atoms with E-state index in [-0.39, 0.29) is 12.1 Å². The van der Waals surface area contributed by atoms with E-state index in [0.29, 0.717) is 0 Å². The number of benzene rings is 1. The van der Waals surface area contributed by atoms with Gasteiger partial charge in [-0.3, -0.25) is 9.69 Å². The van der Waals surface area contributed by atoms with Crippen LogP contribution in [0.5, 0.6) is 5.75 Å². The summed E-state index contributed by atoms with van der Waals surface area (Å²) in [5.74, 6) is 0.260. The molecule has 0 amide bonds. The van der Waals surface area contributed by atoms with E-state index in [0.717, 1.165) is 38.1 Å². The van der Waals surface area contributed by atoms with Crippen LogP contribution in [0, 0.1) is 6.92 Å². The SMILES string of the molecule is Cc1cccc2c1OC1(CC2)CCN(CC(=O)O)C1. The number of likely N-dealkylation sites (tertiary alicyclic amines) is 1. The van der Waals surface area contributed by atoms with Gasteiger partial charge in [-0.1, -0.05) is 18.2 Å². The number of ether oxygens (including phenoxy) is 1. The van der Waals surface area contributed by atoms with Crippen LogP contribution in [-0.2, 0) is 11.2 Å². The van der Waals surface area contributed by atoms with Crippen LogP contribution in [0.25, 0.3) is 0 Å². The van der Waals surface area contributed by atoms with Gasteiger partial charge in [-0.05, 0) is 30.9 Å². The van der Waals surface area contributed by atoms with E-state index in [2.05, 4.69) is 25.1 Å². The van der Waals surface area contributed by atoms with Gasteiger partial charge in [0, 0.05) is 19.5 Å². The molecular formula is C15H19NO3. The number of aryl methyl sites for hydroxylation is 2. The minimum atomic E-state index is -0.760. The van der Waals surface area contributed by atoms with E-state index in [4.69, 9.17) is 9.84 Å². The van der Waals surface area contributed by atoms with Gasteiger partial charge in [-0.25, -0.2) is 0 Å². The molecule has 0 aliphatic carbocycles. The molecule has 2 aliphatic rings. The lowest BCUT2D eigenvalue weighted by Gasteiger charge is -2.36. The summed E-state index contributed by atoms with van der Waals surface area (Å²) in [6.45, 7) is 3.73. The van der Waals surface area contributed by atoms with Crippen molar-refractivity contribution in [3.05, 3.63) is 29.3 Å². The molecule has 1 spiro atoms. The number of hydrogen-bond donors (Lipinski definition) is 1. The van der Waals surface area contributed by atoms with Gasteiger partial charge in [0.25, 0.3) is 0 Å². The van der Waals surface area contributed by atoms with Crippen LogP contribution >= 0.6 is 0 Å². The van der Waals surface area contributed by atoms with Crippen LogP contribution in [0.4, 0.5) is 0 Å². The zero-order valence-electron chi connectivity index (χ0n) is 11.2. The van der Waals surface area contributed by atoms with Crippen molar-refractivity contribution >= 4 is 5.97 Å². The van der Waals surface area contributed by atoms with E-state index in [1.54, 1.807) is 0 Å². The van der Waals surface area contributed by atoms with Gasteiger partial charge >= 0.3 is 5.97 Å². The van der Waals surface area contributed by atoms with Gasteiger partial charge in [0.1, 0.15) is 11.4 Å². The summed E-state index contributed by atoms with van der Waals surface area (Å²) in [5, 5.41) is 8.88. The Kier molecular flexibility index (Phi) is 2.97. The van der Waals surface area contributed by atoms with Crippen molar-refractivity contribution in [2.24, 2.45) is 0 Å². The van der Waals surface area contributed by atoms with E-state index >= 15 is 0 Å². The van der Waals surface area contributed by atoms with Crippen molar-refractivity contribution in [1.29, 1.82) is 0 Å². The standard InChI is InChI=1S/C15H19NO3/c1-11-3-2-4-12-5-6-15(19-14(11)12)7-8-16(10-15)9-13(17)18/h2-4H,5-10H2,1H3,(H,17,18). The van der Waals surface area contributed by atoms with Crippen molar-refractivity contribution < 1.29 is 14.6 Å². The highest BCUT2D eigenvalue weighted by Gasteiger charge is 2.43. The topological polar surface area (TPSA) is 49.8 Å². The Balaban J connectivity index is 1.78. The molecule has 2 aliphatic heterocycles. The van der Waals surface area contributed by atoms with Crippen molar-refractivity contribution in [1.82, 2.24) is 4.90 Å². The molecule has 0 aromatic heterocycles. The van der Waals surface area contributed by atoms with Gasteiger partial charge in [0.15, 0.2) is 0 Å². The lowest BCUT2D eigenvalue weighted by atomic mass is 9.89. The van der Waals surface area contributed by atoms with Gasteiger partial charge < -0.3 is 9.84 Å². The molecule has 0 bridgehead atoms. The number of carboxylic acid groups (broad SMARTS) is 1. The van der Waals surface area contributed by atoms with Crippen LogP contribution in [0.3, 0.4) is 0 Å². The molecule has 0 saturated carbocycles. The lowest BCUT2D eigenvalue weighted by Crippen LogP contribution is -2.43. The molecule has 102 valence electrons. The van der Waals surface area contributed by atoms with Gasteiger partial charge in [0.05, 0.1) is 6.54 Å². The monoisotopic (exact) mass is 261 g/mol. The summed E-state index contributed by atoms with van der Waals surface area (Å²) in [5.41, 5.74) is 2.28. The Morgan fingerprint density at radius 2 is 2.32 bits per heavy atom. The number of carbonyl (C=O) groups is 1. The van der Waals surface area contributed by atoms with Crippen LogP contribution in [0.15, 0.2) is 18.2 Å². The Hall–Kier alpha value is -1.55. The highest BCUT2D eigenvalue weighted by molar-refractivity contribution is 5.69. The number of hydrogen-bond acceptors (Lipinski definition) is 3. The molecule has 3 rings (SSSR count). The highest BCUT2D eigenvalue weighted by Crippen LogP contribution is 2.40. The summed E-state index contributed by atoms with van der Waals surface area (Å²) in [6.07, 6.45) is 2.94. The molecule has 1 N–H and O–H groups in total. The molecule has 4 nitrogen and oxygen atoms in total. The Morgan fingerprint density at radius 3 is 3.11 bits per heavy atom. The molecule has 1 fully saturated rings. The first-order valence-electron chi connectivity index (χ1n) is 6.80. The van der Waals surface area contributed by atoms with Crippen molar-refractivity contribution in [3.63, 3.8) is 0 Å². The van der Waals surface area contributed by atoms with E-state index in [1.807, 2.05) is 4.90 Å². The molecule has 19 heavy (non-hydrogen) atoms. The summed E-state index contributed by atoms with van der Waals surface area (Å²) in [4.78, 5) is 12.8. The molecule has 2 heterocycles. The number of para-hydroxylation sites is 1. The molecular weight excluding hydrogens is 242 g/mol. The van der Waals surface area contributed by atoms with Crippen LogP contribution < -0.4 is 4.74 Å². The van der Waals surface area contributed by atoms with Crippen molar-refractivity contribution in [2.75, 3.05) is 19.6 Å². The van der Waals surface area contributed by atoms with Gasteiger partial charge in [-0.2, -0.15) is 0 Å². The quantitative estimate of drug-likeness (QED) is 0.882. The normalized spacial score (nSPS) is 26.2. The maximum atomic E-state index is 10.8. The zero-order valence-corrected chi connectivity index (χ0v) is 11.2. The predicted molar refractivity (Wildman–Crippen MR) is 71.6 cm³/mol. The number of rotatable bonds is 2. The molecule has 1 atom stereocenters. The largest absolute Gasteiger partial charge is 0.485 e. The molecule has 4 heteroatoms. The van der Waals surface area contributed by atoms with Crippen molar-refractivity contribution in [2.45, 2.75) is 31.8 Å². The molecule has 1 aromatic rings. The number of fused-ring (bicyclic) bond motifs is 1. The minimum Gasteiger partial charge on any atom is -0.485 e. The first-order valence-corrected chi connectivity index (χ1v) is 6.80. The van der Waals surface area contributed by atoms with E-state index in [9.17, 15) is 4.79 Å². The smallest absolute Gasteiger partial charge is 0.317 e. The second-order valence-corrected chi connectivity index (χ2v) is 5.70. The minimum absolute atomic E-state index is 0.117. The van der Waals surface area contributed by atoms with E-state index < -0.39 is 5.97 Å². The first kappa shape index (κ1) is 12.5. The summed E-state index contributed by atoms with van der Waals surface area (Å²) >= 11 is 0. The Labute approximate surface area is 113 Å². The average Bonchev–Trinajstić information content (AvgIpc) is 2.73. The molecule has 1 aromatic carbocycles. The summed E-state index contributed by atoms with van der Waals surface area (Å²) in [7, 11) is 0. The number of nitrogens with zero attached hydrogens (tertiary/aromatic N) is 1. The lowest BCUT2D eigenvalue weighted by molar-refractivity contribution is -0.138. The third-order valence-electron chi connectivity index (χ3n) is 4.22. The van der Waals surface area contributed by atoms with Crippen LogP contribution in [0.2, 0.25) is 0 Å². The fraction of sp³-hybridized carbons (Fsp3) is 0.533. The predicted octanol–water partition coefficient (Wildman–Crippen LogP) is 1.85. The fourth-order valence-electron chi connectivity index (χ4n) is 3.23. The fourth-order valence-corrected chi connectivity index (χ4v) is 3.23. The maximum Gasteiger partial charge on any atom is 0.317 e. The summed E-state index contributed by atoms with van der Waals surface area (Å²) in [6, 6.07) is 6.27. The second-order valence-electron chi connectivity index (χ2n) is 5.70. The van der Waals surface area contributed by atoms with Crippen LogP contribution in [-0.4, -0.2) is 41.2 Å². The molecule has 1 unspecified atom stereocenters. The van der Waals surface area contributed by atoms with Crippen molar-refractivity contribution in [3.8, 4) is 5.75 Å². The average molecular weight is 261 g/mol. The highest BCUT2D eigenvalue weighted by atomic mass is 16.5. The Morgan fingerprint density at radius 1 is 1.47 bits per heavy atom. The zero-order chi connectivity index (χ0) is 13.5. The number of aliphatic carboxylic acids is 1. The Bertz CT molecular complexity index is 514.